The van der Waals surface area contributed by atoms with Crippen LogP contribution in [0.25, 0.3) is 16.9 Å². The van der Waals surface area contributed by atoms with Crippen LogP contribution in [0.15, 0.2) is 67.0 Å². The highest BCUT2D eigenvalue weighted by atomic mass is 16.5. The third-order valence-electron chi connectivity index (χ3n) is 4.56. The molecule has 0 aliphatic carbocycles. The summed E-state index contributed by atoms with van der Waals surface area (Å²) in [6.07, 6.45) is 3.51. The van der Waals surface area contributed by atoms with Gasteiger partial charge in [-0.2, -0.15) is 10.2 Å². The van der Waals surface area contributed by atoms with Gasteiger partial charge in [-0.15, -0.1) is 0 Å². The molecule has 0 fully saturated rings. The Morgan fingerprint density at radius 3 is 2.55 bits per heavy atom. The SMILES string of the molecule is COc1cccc(-c2nn(-c3ccc(C)cc3)cc2C(=O)Nc2ccn(C)n2)c1. The number of nitrogens with one attached hydrogen (secondary N) is 1. The fraction of sp³-hybridized carbons (Fsp3) is 0.136. The molecule has 4 aromatic rings. The van der Waals surface area contributed by atoms with Gasteiger partial charge in [0.05, 0.1) is 18.4 Å². The van der Waals surface area contributed by atoms with E-state index < -0.39 is 0 Å². The van der Waals surface area contributed by atoms with Gasteiger partial charge < -0.3 is 10.1 Å². The number of aromatic nitrogens is 4. The zero-order valence-corrected chi connectivity index (χ0v) is 16.5. The summed E-state index contributed by atoms with van der Waals surface area (Å²) in [5.74, 6) is 0.903. The summed E-state index contributed by atoms with van der Waals surface area (Å²) in [5, 5.41) is 11.8. The summed E-state index contributed by atoms with van der Waals surface area (Å²) in [7, 11) is 3.41. The van der Waals surface area contributed by atoms with E-state index >= 15 is 0 Å². The van der Waals surface area contributed by atoms with Crippen molar-refractivity contribution < 1.29 is 9.53 Å². The van der Waals surface area contributed by atoms with E-state index in [-0.39, 0.29) is 5.91 Å². The number of aryl methyl sites for hydroxylation is 2. The number of benzene rings is 2. The normalized spacial score (nSPS) is 10.7. The number of amides is 1. The summed E-state index contributed by atoms with van der Waals surface area (Å²) in [5.41, 5.74) is 3.84. The molecule has 0 unspecified atom stereocenters. The Bertz CT molecular complexity index is 1160. The quantitative estimate of drug-likeness (QED) is 0.565. The fourth-order valence-corrected chi connectivity index (χ4v) is 3.02. The highest BCUT2D eigenvalue weighted by Gasteiger charge is 2.20. The second-order valence-corrected chi connectivity index (χ2v) is 6.73. The van der Waals surface area contributed by atoms with Crippen molar-refractivity contribution in [2.75, 3.05) is 12.4 Å². The Balaban J connectivity index is 1.78. The molecule has 0 saturated carbocycles. The largest absolute Gasteiger partial charge is 0.497 e. The van der Waals surface area contributed by atoms with Crippen LogP contribution in [0.2, 0.25) is 0 Å². The number of carbonyl (C=O) groups excluding carboxylic acids is 1. The first-order chi connectivity index (χ1) is 14.0. The van der Waals surface area contributed by atoms with Gasteiger partial charge in [0, 0.05) is 31.1 Å². The van der Waals surface area contributed by atoms with E-state index in [1.54, 1.807) is 42.0 Å². The van der Waals surface area contributed by atoms with E-state index in [1.165, 1.54) is 0 Å². The van der Waals surface area contributed by atoms with Gasteiger partial charge in [0.2, 0.25) is 0 Å². The Morgan fingerprint density at radius 1 is 1.07 bits per heavy atom. The Kier molecular flexibility index (Phi) is 4.87. The van der Waals surface area contributed by atoms with Crippen LogP contribution in [0, 0.1) is 6.92 Å². The molecule has 0 saturated heterocycles. The van der Waals surface area contributed by atoms with Crippen molar-refractivity contribution in [3.63, 3.8) is 0 Å². The van der Waals surface area contributed by atoms with Gasteiger partial charge in [-0.3, -0.25) is 9.48 Å². The minimum Gasteiger partial charge on any atom is -0.497 e. The van der Waals surface area contributed by atoms with Crippen molar-refractivity contribution >= 4 is 11.7 Å². The van der Waals surface area contributed by atoms with Gasteiger partial charge in [0.15, 0.2) is 5.82 Å². The predicted octanol–water partition coefficient (Wildman–Crippen LogP) is 3.84. The van der Waals surface area contributed by atoms with E-state index in [2.05, 4.69) is 10.4 Å². The molecule has 1 amide bonds. The number of nitrogens with zero attached hydrogens (tertiary/aromatic N) is 4. The molecule has 0 aliphatic heterocycles. The first-order valence-corrected chi connectivity index (χ1v) is 9.15. The molecule has 4 rings (SSSR count). The zero-order valence-electron chi connectivity index (χ0n) is 16.5. The number of anilines is 1. The van der Waals surface area contributed by atoms with Crippen molar-refractivity contribution in [1.82, 2.24) is 19.6 Å². The average Bonchev–Trinajstić information content (AvgIpc) is 3.35. The average molecular weight is 387 g/mol. The van der Waals surface area contributed by atoms with Crippen LogP contribution < -0.4 is 10.1 Å². The summed E-state index contributed by atoms with van der Waals surface area (Å²) in [6, 6.07) is 17.2. The number of hydrogen-bond donors (Lipinski definition) is 1. The van der Waals surface area contributed by atoms with Gasteiger partial charge in [0.25, 0.3) is 5.91 Å². The van der Waals surface area contributed by atoms with Crippen LogP contribution in [0.3, 0.4) is 0 Å². The Hall–Kier alpha value is -3.87. The van der Waals surface area contributed by atoms with Gasteiger partial charge in [-0.05, 0) is 31.2 Å². The maximum atomic E-state index is 13.0. The summed E-state index contributed by atoms with van der Waals surface area (Å²) < 4.78 is 8.67. The minimum absolute atomic E-state index is 0.278. The van der Waals surface area contributed by atoms with Crippen molar-refractivity contribution in [2.45, 2.75) is 6.92 Å². The third kappa shape index (κ3) is 3.89. The molecule has 1 N–H and O–H groups in total. The summed E-state index contributed by atoms with van der Waals surface area (Å²) in [6.45, 7) is 2.03. The van der Waals surface area contributed by atoms with Crippen molar-refractivity contribution in [3.8, 4) is 22.7 Å². The van der Waals surface area contributed by atoms with Crippen molar-refractivity contribution in [3.05, 3.63) is 78.1 Å². The Morgan fingerprint density at radius 2 is 1.86 bits per heavy atom. The number of methoxy groups -OCH3 is 1. The lowest BCUT2D eigenvalue weighted by atomic mass is 10.1. The molecule has 2 aromatic carbocycles. The lowest BCUT2D eigenvalue weighted by Gasteiger charge is -2.05. The molecule has 29 heavy (non-hydrogen) atoms. The number of hydrogen-bond acceptors (Lipinski definition) is 4. The number of ether oxygens (including phenoxy) is 1. The third-order valence-corrected chi connectivity index (χ3v) is 4.56. The second-order valence-electron chi connectivity index (χ2n) is 6.73. The molecule has 7 heteroatoms. The topological polar surface area (TPSA) is 74.0 Å². The molecular formula is C22H21N5O2. The molecule has 2 heterocycles. The predicted molar refractivity (Wildman–Crippen MR) is 111 cm³/mol. The van der Waals surface area contributed by atoms with Crippen LogP contribution in [-0.4, -0.2) is 32.6 Å². The van der Waals surface area contributed by atoms with Crippen molar-refractivity contribution in [1.29, 1.82) is 0 Å². The standard InChI is InChI=1S/C22H21N5O2/c1-15-7-9-17(10-8-15)27-14-19(22(28)23-20-11-12-26(2)24-20)21(25-27)16-5-4-6-18(13-16)29-3/h4-14H,1-3H3,(H,23,24,28). The van der Waals surface area contributed by atoms with E-state index in [0.717, 1.165) is 16.8 Å². The highest BCUT2D eigenvalue weighted by molar-refractivity contribution is 6.07. The molecule has 0 atom stereocenters. The molecule has 0 bridgehead atoms. The van der Waals surface area contributed by atoms with E-state index in [9.17, 15) is 4.79 Å². The van der Waals surface area contributed by atoms with Crippen molar-refractivity contribution in [2.24, 2.45) is 7.05 Å². The molecule has 2 aromatic heterocycles. The monoisotopic (exact) mass is 387 g/mol. The molecule has 146 valence electrons. The zero-order chi connectivity index (χ0) is 20.4. The van der Waals surface area contributed by atoms with Gasteiger partial charge in [0.1, 0.15) is 11.4 Å². The number of rotatable bonds is 5. The van der Waals surface area contributed by atoms with Crippen LogP contribution in [-0.2, 0) is 7.05 Å². The van der Waals surface area contributed by atoms with E-state index in [1.807, 2.05) is 55.5 Å². The fourth-order valence-electron chi connectivity index (χ4n) is 3.02. The van der Waals surface area contributed by atoms with Gasteiger partial charge in [-0.1, -0.05) is 29.8 Å². The molecule has 0 spiro atoms. The Labute approximate surface area is 168 Å². The first-order valence-electron chi connectivity index (χ1n) is 9.15. The van der Waals surface area contributed by atoms with E-state index in [4.69, 9.17) is 9.84 Å². The number of carbonyl (C=O) groups is 1. The lowest BCUT2D eigenvalue weighted by Crippen LogP contribution is -2.13. The maximum Gasteiger partial charge on any atom is 0.260 e. The van der Waals surface area contributed by atoms with Crippen LogP contribution in [0.1, 0.15) is 15.9 Å². The maximum absolute atomic E-state index is 13.0. The molecule has 7 nitrogen and oxygen atoms in total. The van der Waals surface area contributed by atoms with Gasteiger partial charge >= 0.3 is 0 Å². The summed E-state index contributed by atoms with van der Waals surface area (Å²) in [4.78, 5) is 13.0. The van der Waals surface area contributed by atoms with E-state index in [0.29, 0.717) is 22.8 Å². The smallest absolute Gasteiger partial charge is 0.260 e. The van der Waals surface area contributed by atoms with Crippen LogP contribution in [0.5, 0.6) is 5.75 Å². The molecule has 0 aliphatic rings. The first kappa shape index (κ1) is 18.5. The molecule has 0 radical (unpaired) electrons. The van der Waals surface area contributed by atoms with Crippen LogP contribution in [0.4, 0.5) is 5.82 Å². The highest BCUT2D eigenvalue weighted by Crippen LogP contribution is 2.27. The summed E-state index contributed by atoms with van der Waals surface area (Å²) >= 11 is 0. The lowest BCUT2D eigenvalue weighted by molar-refractivity contribution is 0.102. The van der Waals surface area contributed by atoms with Gasteiger partial charge in [-0.25, -0.2) is 4.68 Å². The minimum atomic E-state index is -0.278. The second kappa shape index (κ2) is 7.63. The molecular weight excluding hydrogens is 366 g/mol. The van der Waals surface area contributed by atoms with Crippen LogP contribution >= 0.6 is 0 Å².